The monoisotopic (exact) mass is 354 g/mol. The molecular formula is C19H18N2O3S. The van der Waals surface area contributed by atoms with Gasteiger partial charge in [-0.2, -0.15) is 0 Å². The minimum Gasteiger partial charge on any atom is -0.493 e. The highest BCUT2D eigenvalue weighted by Crippen LogP contribution is 2.28. The molecule has 0 saturated carbocycles. The number of ether oxygens (including phenoxy) is 2. The molecule has 3 aromatic rings. The molecule has 1 amide bonds. The van der Waals surface area contributed by atoms with Crippen LogP contribution in [-0.4, -0.2) is 25.1 Å². The summed E-state index contributed by atoms with van der Waals surface area (Å²) in [5, 5.41) is 3.73. The first-order valence-electron chi connectivity index (χ1n) is 7.72. The fraction of sp³-hybridized carbons (Fsp3) is 0.158. The van der Waals surface area contributed by atoms with E-state index in [1.54, 1.807) is 37.7 Å². The summed E-state index contributed by atoms with van der Waals surface area (Å²) in [7, 11) is 3.17. The van der Waals surface area contributed by atoms with Crippen LogP contribution in [0.4, 0.5) is 0 Å². The second-order valence-electron chi connectivity index (χ2n) is 5.24. The molecule has 6 heteroatoms. The zero-order valence-electron chi connectivity index (χ0n) is 14.0. The minimum absolute atomic E-state index is 0.172. The number of hydrogen-bond acceptors (Lipinski definition) is 5. The molecule has 0 atom stereocenters. The molecule has 0 bridgehead atoms. The van der Waals surface area contributed by atoms with Crippen molar-refractivity contribution in [1.29, 1.82) is 0 Å². The lowest BCUT2D eigenvalue weighted by Crippen LogP contribution is -2.20. The number of fused-ring (bicyclic) bond motifs is 1. The molecular weight excluding hydrogens is 336 g/mol. The van der Waals surface area contributed by atoms with Gasteiger partial charge in [-0.15, -0.1) is 11.3 Å². The number of benzene rings is 2. The van der Waals surface area contributed by atoms with Crippen molar-refractivity contribution in [3.05, 3.63) is 59.1 Å². The number of thiazole rings is 1. The largest absolute Gasteiger partial charge is 0.493 e. The number of nitrogens with one attached hydrogen (secondary N) is 1. The van der Waals surface area contributed by atoms with Crippen LogP contribution >= 0.6 is 11.3 Å². The molecule has 5 nitrogen and oxygen atoms in total. The number of rotatable bonds is 6. The van der Waals surface area contributed by atoms with Crippen LogP contribution in [0.15, 0.2) is 48.5 Å². The van der Waals surface area contributed by atoms with Crippen LogP contribution in [0.25, 0.3) is 16.3 Å². The lowest BCUT2D eigenvalue weighted by molar-refractivity contribution is -0.116. The number of hydrogen-bond donors (Lipinski definition) is 1. The molecule has 1 heterocycles. The average Bonchev–Trinajstić information content (AvgIpc) is 3.07. The number of amides is 1. The highest BCUT2D eigenvalue weighted by atomic mass is 32.1. The molecule has 0 aliphatic heterocycles. The molecule has 2 aromatic carbocycles. The van der Waals surface area contributed by atoms with Crippen molar-refractivity contribution in [1.82, 2.24) is 10.3 Å². The SMILES string of the molecule is COc1ccc(C=CC(=O)NCc2nc3ccccc3s2)cc1OC. The van der Waals surface area contributed by atoms with E-state index < -0.39 is 0 Å². The Morgan fingerprint density at radius 1 is 1.16 bits per heavy atom. The fourth-order valence-electron chi connectivity index (χ4n) is 2.35. The first-order valence-corrected chi connectivity index (χ1v) is 8.53. The maximum absolute atomic E-state index is 12.0. The van der Waals surface area contributed by atoms with E-state index in [1.165, 1.54) is 6.08 Å². The number of aromatic nitrogens is 1. The van der Waals surface area contributed by atoms with Gasteiger partial charge in [0.25, 0.3) is 0 Å². The number of methoxy groups -OCH3 is 2. The molecule has 1 N–H and O–H groups in total. The van der Waals surface area contributed by atoms with Gasteiger partial charge in [0.15, 0.2) is 11.5 Å². The Balaban J connectivity index is 1.61. The first-order chi connectivity index (χ1) is 12.2. The summed E-state index contributed by atoms with van der Waals surface area (Å²) in [5.41, 5.74) is 1.81. The van der Waals surface area contributed by atoms with E-state index in [-0.39, 0.29) is 5.91 Å². The van der Waals surface area contributed by atoms with Gasteiger partial charge >= 0.3 is 0 Å². The van der Waals surface area contributed by atoms with Crippen molar-refractivity contribution in [3.63, 3.8) is 0 Å². The number of nitrogens with zero attached hydrogens (tertiary/aromatic N) is 1. The van der Waals surface area contributed by atoms with E-state index >= 15 is 0 Å². The Morgan fingerprint density at radius 3 is 2.72 bits per heavy atom. The molecule has 0 aliphatic carbocycles. The second kappa shape index (κ2) is 7.81. The Kier molecular flexibility index (Phi) is 5.30. The van der Waals surface area contributed by atoms with Gasteiger partial charge in [0.05, 0.1) is 31.0 Å². The van der Waals surface area contributed by atoms with Crippen molar-refractivity contribution in [2.45, 2.75) is 6.54 Å². The van der Waals surface area contributed by atoms with Crippen molar-refractivity contribution in [3.8, 4) is 11.5 Å². The van der Waals surface area contributed by atoms with Crippen LogP contribution in [0.5, 0.6) is 11.5 Å². The van der Waals surface area contributed by atoms with Gasteiger partial charge in [-0.05, 0) is 35.9 Å². The van der Waals surface area contributed by atoms with Crippen LogP contribution in [0.3, 0.4) is 0 Å². The first kappa shape index (κ1) is 17.0. The van der Waals surface area contributed by atoms with Crippen molar-refractivity contribution < 1.29 is 14.3 Å². The lowest BCUT2D eigenvalue weighted by atomic mass is 10.2. The molecule has 0 unspecified atom stereocenters. The average molecular weight is 354 g/mol. The molecule has 0 aliphatic rings. The van der Waals surface area contributed by atoms with Gasteiger partial charge in [-0.3, -0.25) is 4.79 Å². The summed E-state index contributed by atoms with van der Waals surface area (Å²) in [6, 6.07) is 13.4. The molecule has 128 valence electrons. The topological polar surface area (TPSA) is 60.5 Å². The zero-order valence-corrected chi connectivity index (χ0v) is 14.8. The summed E-state index contributed by atoms with van der Waals surface area (Å²) in [6.07, 6.45) is 3.23. The summed E-state index contributed by atoms with van der Waals surface area (Å²) >= 11 is 1.58. The van der Waals surface area contributed by atoms with E-state index in [4.69, 9.17) is 9.47 Å². The summed E-state index contributed by atoms with van der Waals surface area (Å²) < 4.78 is 11.6. The normalized spacial score (nSPS) is 11.0. The Hall–Kier alpha value is -2.86. The van der Waals surface area contributed by atoms with Gasteiger partial charge in [-0.1, -0.05) is 18.2 Å². The van der Waals surface area contributed by atoms with Crippen LogP contribution in [0.2, 0.25) is 0 Å². The lowest BCUT2D eigenvalue weighted by Gasteiger charge is -2.07. The van der Waals surface area contributed by atoms with E-state index in [1.807, 2.05) is 36.4 Å². The molecule has 0 saturated heterocycles. The molecule has 0 spiro atoms. The Morgan fingerprint density at radius 2 is 1.96 bits per heavy atom. The number of carbonyl (C=O) groups is 1. The van der Waals surface area contributed by atoms with Crippen LogP contribution < -0.4 is 14.8 Å². The highest BCUT2D eigenvalue weighted by molar-refractivity contribution is 7.18. The highest BCUT2D eigenvalue weighted by Gasteiger charge is 2.05. The third-order valence-electron chi connectivity index (χ3n) is 3.59. The van der Waals surface area contributed by atoms with Gasteiger partial charge in [0.2, 0.25) is 5.91 Å². The van der Waals surface area contributed by atoms with E-state index in [2.05, 4.69) is 10.3 Å². The van der Waals surface area contributed by atoms with Gasteiger partial charge in [-0.25, -0.2) is 4.98 Å². The molecule has 1 aromatic heterocycles. The van der Waals surface area contributed by atoms with Crippen molar-refractivity contribution in [2.75, 3.05) is 14.2 Å². The molecule has 3 rings (SSSR count). The van der Waals surface area contributed by atoms with E-state index in [9.17, 15) is 4.79 Å². The van der Waals surface area contributed by atoms with E-state index in [0.717, 1.165) is 20.8 Å². The van der Waals surface area contributed by atoms with Crippen LogP contribution in [0.1, 0.15) is 10.6 Å². The van der Waals surface area contributed by atoms with Crippen LogP contribution in [0, 0.1) is 0 Å². The molecule has 0 fully saturated rings. The zero-order chi connectivity index (χ0) is 17.6. The fourth-order valence-corrected chi connectivity index (χ4v) is 3.25. The quantitative estimate of drug-likeness (QED) is 0.687. The van der Waals surface area contributed by atoms with Gasteiger partial charge < -0.3 is 14.8 Å². The maximum atomic E-state index is 12.0. The van der Waals surface area contributed by atoms with Crippen LogP contribution in [-0.2, 0) is 11.3 Å². The van der Waals surface area contributed by atoms with Crippen molar-refractivity contribution in [2.24, 2.45) is 0 Å². The Labute approximate surface area is 149 Å². The second-order valence-corrected chi connectivity index (χ2v) is 6.36. The summed E-state index contributed by atoms with van der Waals surface area (Å²) in [4.78, 5) is 16.5. The molecule has 25 heavy (non-hydrogen) atoms. The third-order valence-corrected chi connectivity index (χ3v) is 4.62. The molecule has 0 radical (unpaired) electrons. The van der Waals surface area contributed by atoms with E-state index in [0.29, 0.717) is 18.0 Å². The van der Waals surface area contributed by atoms with Gasteiger partial charge in [0.1, 0.15) is 5.01 Å². The summed E-state index contributed by atoms with van der Waals surface area (Å²) in [5.74, 6) is 1.11. The standard InChI is InChI=1S/C19H18N2O3S/c1-23-15-9-7-13(11-16(15)24-2)8-10-18(22)20-12-19-21-14-5-3-4-6-17(14)25-19/h3-11H,12H2,1-2H3,(H,20,22). The predicted octanol–water partition coefficient (Wildman–Crippen LogP) is 3.64. The Bertz CT molecular complexity index is 885. The van der Waals surface area contributed by atoms with Gasteiger partial charge in [0, 0.05) is 6.08 Å². The summed E-state index contributed by atoms with van der Waals surface area (Å²) in [6.45, 7) is 0.411. The maximum Gasteiger partial charge on any atom is 0.244 e. The van der Waals surface area contributed by atoms with Crippen molar-refractivity contribution >= 4 is 33.5 Å². The number of carbonyl (C=O) groups excluding carboxylic acids is 1. The minimum atomic E-state index is -0.172. The number of para-hydroxylation sites is 1. The predicted molar refractivity (Wildman–Crippen MR) is 100 cm³/mol. The smallest absolute Gasteiger partial charge is 0.244 e. The third kappa shape index (κ3) is 4.16.